The Hall–Kier alpha value is -2.95. The first kappa shape index (κ1) is 26.6. The van der Waals surface area contributed by atoms with Crippen LogP contribution in [0.1, 0.15) is 49.6 Å². The van der Waals surface area contributed by atoms with Crippen LogP contribution >= 0.6 is 0 Å². The molecule has 2 saturated heterocycles. The summed E-state index contributed by atoms with van der Waals surface area (Å²) in [4.78, 5) is 24.1. The summed E-state index contributed by atoms with van der Waals surface area (Å²) in [5, 5.41) is 13.9. The van der Waals surface area contributed by atoms with E-state index < -0.39 is 18.1 Å². The number of fused-ring (bicyclic) bond motifs is 1. The predicted molar refractivity (Wildman–Crippen MR) is 143 cm³/mol. The van der Waals surface area contributed by atoms with Gasteiger partial charge >= 0.3 is 0 Å². The van der Waals surface area contributed by atoms with Crippen molar-refractivity contribution in [3.8, 4) is 11.3 Å². The molecule has 38 heavy (non-hydrogen) atoms. The first-order valence-corrected chi connectivity index (χ1v) is 13.2. The van der Waals surface area contributed by atoms with Gasteiger partial charge in [-0.25, -0.2) is 18.7 Å². The van der Waals surface area contributed by atoms with Crippen molar-refractivity contribution in [3.63, 3.8) is 0 Å². The summed E-state index contributed by atoms with van der Waals surface area (Å²) >= 11 is 0. The van der Waals surface area contributed by atoms with E-state index in [9.17, 15) is 14.3 Å². The Labute approximate surface area is 220 Å². The van der Waals surface area contributed by atoms with E-state index in [0.29, 0.717) is 66.7 Å². The highest BCUT2D eigenvalue weighted by molar-refractivity contribution is 5.87. The van der Waals surface area contributed by atoms with Gasteiger partial charge in [0.15, 0.2) is 11.2 Å². The minimum Gasteiger partial charge on any atom is -0.389 e. The summed E-state index contributed by atoms with van der Waals surface area (Å²) in [6.07, 6.45) is 0.631. The van der Waals surface area contributed by atoms with E-state index in [1.54, 1.807) is 6.07 Å². The number of nitrogens with one attached hydrogen (secondary N) is 1. The number of likely N-dealkylation sites (tertiary alicyclic amines) is 1. The van der Waals surface area contributed by atoms with Crippen LogP contribution < -0.4 is 10.7 Å². The number of halogens is 2. The van der Waals surface area contributed by atoms with Gasteiger partial charge in [0, 0.05) is 54.5 Å². The van der Waals surface area contributed by atoms with Gasteiger partial charge in [0.2, 0.25) is 5.95 Å². The summed E-state index contributed by atoms with van der Waals surface area (Å²) in [5.74, 6) is -0.366. The van der Waals surface area contributed by atoms with Crippen molar-refractivity contribution < 1.29 is 18.6 Å². The molecule has 204 valence electrons. The third kappa shape index (κ3) is 5.04. The molecule has 2 aromatic heterocycles. The van der Waals surface area contributed by atoms with Crippen LogP contribution in [0.3, 0.4) is 0 Å². The van der Waals surface area contributed by atoms with E-state index >= 15 is 4.39 Å². The topological polar surface area (TPSA) is 92.5 Å². The molecule has 3 atom stereocenters. The molecule has 2 fully saturated rings. The van der Waals surface area contributed by atoms with Crippen molar-refractivity contribution in [2.24, 2.45) is 0 Å². The molecule has 1 aromatic carbocycles. The molecule has 0 saturated carbocycles. The minimum atomic E-state index is -0.852. The van der Waals surface area contributed by atoms with Crippen molar-refractivity contribution >= 4 is 16.9 Å². The predicted octanol–water partition coefficient (Wildman–Crippen LogP) is 3.90. The largest absolute Gasteiger partial charge is 0.389 e. The minimum absolute atomic E-state index is 0.00798. The average molecular weight is 528 g/mol. The van der Waals surface area contributed by atoms with Crippen LogP contribution in [-0.2, 0) is 11.3 Å². The van der Waals surface area contributed by atoms with Crippen molar-refractivity contribution in [2.75, 3.05) is 31.6 Å². The fourth-order valence-corrected chi connectivity index (χ4v) is 5.60. The fraction of sp³-hybridized carbons (Fsp3) is 0.536. The summed E-state index contributed by atoms with van der Waals surface area (Å²) < 4.78 is 36.4. The van der Waals surface area contributed by atoms with Gasteiger partial charge in [-0.3, -0.25) is 9.69 Å². The summed E-state index contributed by atoms with van der Waals surface area (Å²) in [6, 6.07) is 3.34. The summed E-state index contributed by atoms with van der Waals surface area (Å²) in [7, 11) is 0. The van der Waals surface area contributed by atoms with E-state index in [4.69, 9.17) is 4.74 Å². The highest BCUT2D eigenvalue weighted by Crippen LogP contribution is 2.32. The Morgan fingerprint density at radius 2 is 2.05 bits per heavy atom. The van der Waals surface area contributed by atoms with Crippen LogP contribution in [0.25, 0.3) is 22.2 Å². The second-order valence-corrected chi connectivity index (χ2v) is 10.7. The molecule has 4 heterocycles. The lowest BCUT2D eigenvalue weighted by Crippen LogP contribution is -2.42. The first-order chi connectivity index (χ1) is 18.1. The molecule has 2 aliphatic rings. The molecule has 8 nitrogen and oxygen atoms in total. The molecule has 10 heteroatoms. The van der Waals surface area contributed by atoms with Crippen LogP contribution in [-0.4, -0.2) is 69.2 Å². The SMILES string of the molecule is Cc1cc2c(=O)c(C)c(CN3CC[C@H](F)C3)n(C(C)C)c2cc1-c1nc(N[C@@H]2CCOC[C@H]2O)ncc1F. The van der Waals surface area contributed by atoms with Gasteiger partial charge < -0.3 is 19.7 Å². The van der Waals surface area contributed by atoms with E-state index in [-0.39, 0.29) is 35.8 Å². The Morgan fingerprint density at radius 1 is 1.26 bits per heavy atom. The maximum absolute atomic E-state index is 15.1. The normalized spacial score (nSPS) is 22.5. The zero-order valence-electron chi connectivity index (χ0n) is 22.3. The van der Waals surface area contributed by atoms with Gasteiger partial charge in [-0.15, -0.1) is 0 Å². The van der Waals surface area contributed by atoms with E-state index in [2.05, 4.69) is 19.9 Å². The number of aryl methyl sites for hydroxylation is 1. The summed E-state index contributed by atoms with van der Waals surface area (Å²) in [5.41, 5.74) is 3.50. The maximum Gasteiger partial charge on any atom is 0.223 e. The van der Waals surface area contributed by atoms with Gasteiger partial charge in [-0.1, -0.05) is 0 Å². The van der Waals surface area contributed by atoms with Crippen LogP contribution in [0.15, 0.2) is 23.1 Å². The number of benzene rings is 1. The number of anilines is 1. The molecular weight excluding hydrogens is 492 g/mol. The van der Waals surface area contributed by atoms with Crippen molar-refractivity contribution in [2.45, 2.75) is 71.4 Å². The fourth-order valence-electron chi connectivity index (χ4n) is 5.60. The van der Waals surface area contributed by atoms with E-state index in [1.807, 2.05) is 38.7 Å². The quantitative estimate of drug-likeness (QED) is 0.502. The molecule has 5 rings (SSSR count). The number of hydrogen-bond acceptors (Lipinski definition) is 7. The molecule has 0 bridgehead atoms. The number of aromatic nitrogens is 3. The summed E-state index contributed by atoms with van der Waals surface area (Å²) in [6.45, 7) is 9.94. The van der Waals surface area contributed by atoms with E-state index in [1.165, 1.54) is 0 Å². The lowest BCUT2D eigenvalue weighted by atomic mass is 9.98. The monoisotopic (exact) mass is 527 g/mol. The first-order valence-electron chi connectivity index (χ1n) is 13.2. The van der Waals surface area contributed by atoms with E-state index in [0.717, 1.165) is 11.9 Å². The van der Waals surface area contributed by atoms with Crippen LogP contribution in [0.4, 0.5) is 14.7 Å². The number of nitrogens with zero attached hydrogens (tertiary/aromatic N) is 4. The van der Waals surface area contributed by atoms with Crippen molar-refractivity contribution in [3.05, 3.63) is 51.2 Å². The molecule has 3 aromatic rings. The smallest absolute Gasteiger partial charge is 0.223 e. The van der Waals surface area contributed by atoms with Gasteiger partial charge in [0.1, 0.15) is 11.9 Å². The maximum atomic E-state index is 15.1. The van der Waals surface area contributed by atoms with Crippen LogP contribution in [0.2, 0.25) is 0 Å². The second kappa shape index (κ2) is 10.7. The zero-order valence-corrected chi connectivity index (χ0v) is 22.3. The highest BCUT2D eigenvalue weighted by Gasteiger charge is 2.27. The van der Waals surface area contributed by atoms with Gasteiger partial charge in [0.05, 0.1) is 30.5 Å². The number of alkyl halides is 1. The van der Waals surface area contributed by atoms with Crippen molar-refractivity contribution in [1.29, 1.82) is 0 Å². The van der Waals surface area contributed by atoms with Gasteiger partial charge in [-0.2, -0.15) is 0 Å². The average Bonchev–Trinajstić information content (AvgIpc) is 3.29. The molecule has 0 aliphatic carbocycles. The Kier molecular flexibility index (Phi) is 7.48. The number of aliphatic hydroxyl groups excluding tert-OH is 1. The van der Waals surface area contributed by atoms with Crippen LogP contribution in [0.5, 0.6) is 0 Å². The number of aliphatic hydroxyl groups is 1. The number of hydrogen-bond donors (Lipinski definition) is 2. The van der Waals surface area contributed by atoms with Crippen LogP contribution in [0, 0.1) is 19.7 Å². The number of pyridine rings is 1. The number of ether oxygens (including phenoxy) is 1. The lowest BCUT2D eigenvalue weighted by molar-refractivity contribution is -0.0136. The van der Waals surface area contributed by atoms with Gasteiger partial charge in [-0.05, 0) is 58.2 Å². The third-order valence-electron chi connectivity index (χ3n) is 7.66. The van der Waals surface area contributed by atoms with Crippen molar-refractivity contribution in [1.82, 2.24) is 19.4 Å². The zero-order chi connectivity index (χ0) is 27.1. The molecule has 0 spiro atoms. The number of rotatable bonds is 6. The molecule has 2 aliphatic heterocycles. The Bertz CT molecular complexity index is 1410. The molecular formula is C28H35F2N5O3. The Balaban J connectivity index is 1.62. The Morgan fingerprint density at radius 3 is 2.74 bits per heavy atom. The highest BCUT2D eigenvalue weighted by atomic mass is 19.1. The third-order valence-corrected chi connectivity index (χ3v) is 7.66. The molecule has 2 N–H and O–H groups in total. The van der Waals surface area contributed by atoms with Gasteiger partial charge in [0.25, 0.3) is 0 Å². The lowest BCUT2D eigenvalue weighted by Gasteiger charge is -2.28. The standard InChI is InChI=1S/C28H35F2N5O3/c1-15(2)35-23-10-19(26-21(30)11-31-28(33-26)32-22-6-8-38-14-25(22)36)16(3)9-20(23)27(37)17(4)24(35)13-34-7-5-18(29)12-34/h9-11,15,18,22,25,36H,5-8,12-14H2,1-4H3,(H,31,32,33)/t18-,22+,25+/m0/s1. The second-order valence-electron chi connectivity index (χ2n) is 10.7. The molecule has 0 radical (unpaired) electrons. The molecule has 0 unspecified atom stereocenters. The molecule has 0 amide bonds.